The van der Waals surface area contributed by atoms with E-state index < -0.39 is 0 Å². The molecule has 0 aliphatic heterocycles. The number of hydrogen-bond donors (Lipinski definition) is 1. The Morgan fingerprint density at radius 2 is 1.90 bits per heavy atom. The molecule has 1 saturated carbocycles. The molecule has 0 aromatic heterocycles. The van der Waals surface area contributed by atoms with Crippen molar-refractivity contribution in [1.82, 2.24) is 5.32 Å². The first-order valence-corrected chi connectivity index (χ1v) is 7.62. The van der Waals surface area contributed by atoms with Crippen molar-refractivity contribution in [3.05, 3.63) is 24.3 Å². The van der Waals surface area contributed by atoms with Crippen molar-refractivity contribution in [1.29, 1.82) is 0 Å². The van der Waals surface area contributed by atoms with Gasteiger partial charge in [-0.25, -0.2) is 0 Å². The first-order valence-electron chi connectivity index (χ1n) is 7.62. The number of methoxy groups -OCH3 is 1. The Balaban J connectivity index is 1.72. The molecule has 3 heteroatoms. The highest BCUT2D eigenvalue weighted by Gasteiger charge is 2.41. The highest BCUT2D eigenvalue weighted by atomic mass is 16.5. The maximum Gasteiger partial charge on any atom is 0.161 e. The molecule has 1 aromatic rings. The van der Waals surface area contributed by atoms with Gasteiger partial charge in [0.25, 0.3) is 0 Å². The van der Waals surface area contributed by atoms with E-state index in [9.17, 15) is 0 Å². The van der Waals surface area contributed by atoms with Crippen molar-refractivity contribution in [3.8, 4) is 11.5 Å². The van der Waals surface area contributed by atoms with Crippen molar-refractivity contribution in [3.63, 3.8) is 0 Å². The van der Waals surface area contributed by atoms with Crippen molar-refractivity contribution in [2.45, 2.75) is 33.1 Å². The smallest absolute Gasteiger partial charge is 0.161 e. The average molecular weight is 277 g/mol. The third-order valence-corrected chi connectivity index (χ3v) is 3.97. The Morgan fingerprint density at radius 3 is 2.50 bits per heavy atom. The van der Waals surface area contributed by atoms with Crippen LogP contribution in [0.1, 0.15) is 33.1 Å². The van der Waals surface area contributed by atoms with Crippen LogP contribution in [0.15, 0.2) is 24.3 Å². The SMILES string of the molecule is COc1ccccc1OCCC1(CNCC(C)C)CC1. The molecule has 0 spiro atoms. The van der Waals surface area contributed by atoms with Crippen LogP contribution < -0.4 is 14.8 Å². The second kappa shape index (κ2) is 6.98. The molecular weight excluding hydrogens is 250 g/mol. The predicted molar refractivity (Wildman–Crippen MR) is 82.5 cm³/mol. The standard InChI is InChI=1S/C17H27NO2/c1-14(2)12-18-13-17(8-9-17)10-11-20-16-7-5-4-6-15(16)19-3/h4-7,14,18H,8-13H2,1-3H3. The van der Waals surface area contributed by atoms with Gasteiger partial charge in [-0.05, 0) is 49.3 Å². The quantitative estimate of drug-likeness (QED) is 0.749. The molecule has 0 atom stereocenters. The summed E-state index contributed by atoms with van der Waals surface area (Å²) in [5.74, 6) is 2.38. The molecule has 1 N–H and O–H groups in total. The summed E-state index contributed by atoms with van der Waals surface area (Å²) < 4.78 is 11.2. The van der Waals surface area contributed by atoms with Gasteiger partial charge in [0.2, 0.25) is 0 Å². The summed E-state index contributed by atoms with van der Waals surface area (Å²) in [4.78, 5) is 0. The number of para-hydroxylation sites is 2. The van der Waals surface area contributed by atoms with Gasteiger partial charge in [-0.2, -0.15) is 0 Å². The molecule has 2 rings (SSSR count). The maximum atomic E-state index is 5.88. The Bertz CT molecular complexity index is 413. The Kier molecular flexibility index (Phi) is 5.30. The van der Waals surface area contributed by atoms with Gasteiger partial charge >= 0.3 is 0 Å². The molecule has 0 saturated heterocycles. The highest BCUT2D eigenvalue weighted by Crippen LogP contribution is 2.48. The van der Waals surface area contributed by atoms with E-state index in [0.717, 1.165) is 43.5 Å². The zero-order valence-corrected chi connectivity index (χ0v) is 12.9. The molecule has 1 fully saturated rings. The Hall–Kier alpha value is -1.22. The Morgan fingerprint density at radius 1 is 1.20 bits per heavy atom. The largest absolute Gasteiger partial charge is 0.493 e. The van der Waals surface area contributed by atoms with Crippen LogP contribution in [0.25, 0.3) is 0 Å². The second-order valence-electron chi connectivity index (χ2n) is 6.27. The minimum absolute atomic E-state index is 0.483. The summed E-state index contributed by atoms with van der Waals surface area (Å²) in [6.45, 7) is 7.49. The van der Waals surface area contributed by atoms with E-state index in [4.69, 9.17) is 9.47 Å². The van der Waals surface area contributed by atoms with Crippen molar-refractivity contribution < 1.29 is 9.47 Å². The van der Waals surface area contributed by atoms with Crippen LogP contribution in [0.3, 0.4) is 0 Å². The minimum atomic E-state index is 0.483. The van der Waals surface area contributed by atoms with Crippen LogP contribution in [0.5, 0.6) is 11.5 Å². The molecule has 1 aromatic carbocycles. The Labute approximate surface area is 122 Å². The fraction of sp³-hybridized carbons (Fsp3) is 0.647. The van der Waals surface area contributed by atoms with Crippen molar-refractivity contribution in [2.75, 3.05) is 26.8 Å². The predicted octanol–water partition coefficient (Wildman–Crippen LogP) is 3.49. The van der Waals surface area contributed by atoms with Gasteiger partial charge in [0.05, 0.1) is 13.7 Å². The van der Waals surface area contributed by atoms with E-state index in [0.29, 0.717) is 5.41 Å². The zero-order valence-electron chi connectivity index (χ0n) is 12.9. The molecule has 3 nitrogen and oxygen atoms in total. The number of benzene rings is 1. The first-order chi connectivity index (χ1) is 9.65. The van der Waals surface area contributed by atoms with E-state index in [1.165, 1.54) is 12.8 Å². The normalized spacial score (nSPS) is 16.2. The number of hydrogen-bond acceptors (Lipinski definition) is 3. The van der Waals surface area contributed by atoms with Crippen LogP contribution in [0.2, 0.25) is 0 Å². The van der Waals surface area contributed by atoms with Gasteiger partial charge in [-0.1, -0.05) is 26.0 Å². The number of rotatable bonds is 9. The molecule has 0 unspecified atom stereocenters. The van der Waals surface area contributed by atoms with Crippen LogP contribution in [-0.4, -0.2) is 26.8 Å². The summed E-state index contributed by atoms with van der Waals surface area (Å²) in [6.07, 6.45) is 3.77. The summed E-state index contributed by atoms with van der Waals surface area (Å²) in [7, 11) is 1.68. The molecule has 1 aliphatic rings. The monoisotopic (exact) mass is 277 g/mol. The third kappa shape index (κ3) is 4.41. The van der Waals surface area contributed by atoms with Crippen LogP contribution in [0, 0.1) is 11.3 Å². The van der Waals surface area contributed by atoms with Gasteiger partial charge in [-0.15, -0.1) is 0 Å². The second-order valence-corrected chi connectivity index (χ2v) is 6.27. The topological polar surface area (TPSA) is 30.5 Å². The van der Waals surface area contributed by atoms with E-state index in [2.05, 4.69) is 19.2 Å². The van der Waals surface area contributed by atoms with Gasteiger partial charge in [0.15, 0.2) is 11.5 Å². The van der Waals surface area contributed by atoms with Crippen LogP contribution in [0.4, 0.5) is 0 Å². The molecular formula is C17H27NO2. The summed E-state index contributed by atoms with van der Waals surface area (Å²) in [5, 5.41) is 3.58. The lowest BCUT2D eigenvalue weighted by Crippen LogP contribution is -2.28. The van der Waals surface area contributed by atoms with Crippen LogP contribution >= 0.6 is 0 Å². The first kappa shape index (κ1) is 15.2. The molecule has 0 bridgehead atoms. The van der Waals surface area contributed by atoms with Gasteiger partial charge < -0.3 is 14.8 Å². The third-order valence-electron chi connectivity index (χ3n) is 3.97. The maximum absolute atomic E-state index is 5.88. The molecule has 20 heavy (non-hydrogen) atoms. The lowest BCUT2D eigenvalue weighted by molar-refractivity contribution is 0.252. The highest BCUT2D eigenvalue weighted by molar-refractivity contribution is 5.39. The van der Waals surface area contributed by atoms with E-state index in [-0.39, 0.29) is 0 Å². The lowest BCUT2D eigenvalue weighted by Gasteiger charge is -2.18. The minimum Gasteiger partial charge on any atom is -0.493 e. The van der Waals surface area contributed by atoms with E-state index >= 15 is 0 Å². The van der Waals surface area contributed by atoms with Gasteiger partial charge in [-0.3, -0.25) is 0 Å². The van der Waals surface area contributed by atoms with Crippen molar-refractivity contribution >= 4 is 0 Å². The summed E-state index contributed by atoms with van der Waals surface area (Å²) in [6, 6.07) is 7.85. The van der Waals surface area contributed by atoms with Crippen LogP contribution in [-0.2, 0) is 0 Å². The van der Waals surface area contributed by atoms with Gasteiger partial charge in [0, 0.05) is 6.54 Å². The fourth-order valence-electron chi connectivity index (χ4n) is 2.43. The zero-order chi connectivity index (χ0) is 14.4. The molecule has 1 aliphatic carbocycles. The van der Waals surface area contributed by atoms with E-state index in [1.807, 2.05) is 24.3 Å². The summed E-state index contributed by atoms with van der Waals surface area (Å²) in [5.41, 5.74) is 0.483. The average Bonchev–Trinajstić information content (AvgIpc) is 3.19. The molecule has 0 heterocycles. The molecule has 0 radical (unpaired) electrons. The van der Waals surface area contributed by atoms with Gasteiger partial charge in [0.1, 0.15) is 0 Å². The number of ether oxygens (including phenoxy) is 2. The number of nitrogens with one attached hydrogen (secondary N) is 1. The van der Waals surface area contributed by atoms with E-state index in [1.54, 1.807) is 7.11 Å². The van der Waals surface area contributed by atoms with Crippen molar-refractivity contribution in [2.24, 2.45) is 11.3 Å². The fourth-order valence-corrected chi connectivity index (χ4v) is 2.43. The lowest BCUT2D eigenvalue weighted by atomic mass is 10.0. The molecule has 0 amide bonds. The molecule has 112 valence electrons. The summed E-state index contributed by atoms with van der Waals surface area (Å²) >= 11 is 0.